The van der Waals surface area contributed by atoms with Gasteiger partial charge in [-0.1, -0.05) is 0 Å². The summed E-state index contributed by atoms with van der Waals surface area (Å²) in [5.74, 6) is -0.568. The smallest absolute Gasteiger partial charge is 0.308 e. The number of piperidine rings is 1. The standard InChI is InChI=1S/C16H23N3O3/c1-3-18(4-2)14-8-7-12(10-17-14)15(20)19-9-5-6-13(11-19)16(21)22/h7-8,10,13H,3-6,9,11H2,1-2H3,(H,21,22). The number of nitrogens with zero attached hydrogens (tertiary/aromatic N) is 3. The number of rotatable bonds is 5. The Balaban J connectivity index is 2.07. The van der Waals surface area contributed by atoms with Crippen molar-refractivity contribution in [2.75, 3.05) is 31.1 Å². The number of amides is 1. The molecule has 0 saturated carbocycles. The normalized spacial score (nSPS) is 18.1. The highest BCUT2D eigenvalue weighted by Gasteiger charge is 2.28. The minimum absolute atomic E-state index is 0.135. The van der Waals surface area contributed by atoms with E-state index < -0.39 is 11.9 Å². The summed E-state index contributed by atoms with van der Waals surface area (Å²) < 4.78 is 0. The summed E-state index contributed by atoms with van der Waals surface area (Å²) in [7, 11) is 0. The Hall–Kier alpha value is -2.11. The molecule has 6 heteroatoms. The molecule has 0 spiro atoms. The first-order chi connectivity index (χ1) is 10.6. The van der Waals surface area contributed by atoms with Gasteiger partial charge in [-0.05, 0) is 38.8 Å². The molecule has 1 unspecified atom stereocenters. The van der Waals surface area contributed by atoms with E-state index in [9.17, 15) is 9.59 Å². The second kappa shape index (κ2) is 7.24. The molecular formula is C16H23N3O3. The second-order valence-corrected chi connectivity index (χ2v) is 5.51. The van der Waals surface area contributed by atoms with Crippen molar-refractivity contribution in [2.45, 2.75) is 26.7 Å². The van der Waals surface area contributed by atoms with Crippen molar-refractivity contribution in [3.63, 3.8) is 0 Å². The quantitative estimate of drug-likeness (QED) is 0.899. The lowest BCUT2D eigenvalue weighted by Crippen LogP contribution is -2.42. The Morgan fingerprint density at radius 2 is 2.09 bits per heavy atom. The van der Waals surface area contributed by atoms with Gasteiger partial charge in [0.2, 0.25) is 0 Å². The maximum Gasteiger partial charge on any atom is 0.308 e. The molecule has 1 atom stereocenters. The van der Waals surface area contributed by atoms with Gasteiger partial charge < -0.3 is 14.9 Å². The zero-order valence-corrected chi connectivity index (χ0v) is 13.2. The van der Waals surface area contributed by atoms with E-state index in [1.165, 1.54) is 0 Å². The Kier molecular flexibility index (Phi) is 5.35. The van der Waals surface area contributed by atoms with Gasteiger partial charge in [0.05, 0.1) is 11.5 Å². The fraction of sp³-hybridized carbons (Fsp3) is 0.562. The van der Waals surface area contributed by atoms with Gasteiger partial charge in [0.1, 0.15) is 5.82 Å². The van der Waals surface area contributed by atoms with E-state index in [1.54, 1.807) is 17.2 Å². The Labute approximate surface area is 130 Å². The molecule has 2 heterocycles. The van der Waals surface area contributed by atoms with Crippen molar-refractivity contribution >= 4 is 17.7 Å². The first kappa shape index (κ1) is 16.3. The third-order valence-electron chi connectivity index (χ3n) is 4.14. The van der Waals surface area contributed by atoms with E-state index in [4.69, 9.17) is 5.11 Å². The average Bonchev–Trinajstić information content (AvgIpc) is 2.56. The number of aliphatic carboxylic acids is 1. The molecule has 1 amide bonds. The summed E-state index contributed by atoms with van der Waals surface area (Å²) in [4.78, 5) is 31.6. The number of carboxylic acid groups (broad SMARTS) is 1. The topological polar surface area (TPSA) is 73.7 Å². The van der Waals surface area contributed by atoms with Crippen LogP contribution in [0, 0.1) is 5.92 Å². The summed E-state index contributed by atoms with van der Waals surface area (Å²) in [6.45, 7) is 6.74. The van der Waals surface area contributed by atoms with Crippen LogP contribution < -0.4 is 4.90 Å². The molecule has 22 heavy (non-hydrogen) atoms. The number of carbonyl (C=O) groups is 2. The van der Waals surface area contributed by atoms with E-state index in [1.807, 2.05) is 6.07 Å². The molecule has 1 aromatic rings. The molecule has 1 aromatic heterocycles. The summed E-state index contributed by atoms with van der Waals surface area (Å²) in [5.41, 5.74) is 0.516. The largest absolute Gasteiger partial charge is 0.481 e. The third-order valence-corrected chi connectivity index (χ3v) is 4.14. The van der Waals surface area contributed by atoms with E-state index >= 15 is 0 Å². The minimum atomic E-state index is -0.826. The highest BCUT2D eigenvalue weighted by molar-refractivity contribution is 5.94. The molecule has 1 N–H and O–H groups in total. The number of carboxylic acids is 1. The van der Waals surface area contributed by atoms with Gasteiger partial charge in [0, 0.05) is 32.4 Å². The van der Waals surface area contributed by atoms with Crippen LogP contribution >= 0.6 is 0 Å². The van der Waals surface area contributed by atoms with Crippen molar-refractivity contribution in [3.05, 3.63) is 23.9 Å². The number of carbonyl (C=O) groups excluding carboxylic acids is 1. The van der Waals surface area contributed by atoms with Gasteiger partial charge in [-0.25, -0.2) is 4.98 Å². The molecule has 0 aromatic carbocycles. The zero-order chi connectivity index (χ0) is 16.1. The molecule has 0 radical (unpaired) electrons. The lowest BCUT2D eigenvalue weighted by Gasteiger charge is -2.30. The molecular weight excluding hydrogens is 282 g/mol. The van der Waals surface area contributed by atoms with Gasteiger partial charge in [0.15, 0.2) is 0 Å². The van der Waals surface area contributed by atoms with Crippen LogP contribution in [-0.2, 0) is 4.79 Å². The van der Waals surface area contributed by atoms with Crippen molar-refractivity contribution < 1.29 is 14.7 Å². The minimum Gasteiger partial charge on any atom is -0.481 e. The van der Waals surface area contributed by atoms with Gasteiger partial charge >= 0.3 is 5.97 Å². The monoisotopic (exact) mass is 305 g/mol. The maximum atomic E-state index is 12.5. The highest BCUT2D eigenvalue weighted by atomic mass is 16.4. The zero-order valence-electron chi connectivity index (χ0n) is 13.2. The second-order valence-electron chi connectivity index (χ2n) is 5.51. The number of aromatic nitrogens is 1. The van der Waals surface area contributed by atoms with Crippen LogP contribution in [-0.4, -0.2) is 53.0 Å². The van der Waals surface area contributed by atoms with E-state index in [2.05, 4.69) is 23.7 Å². The van der Waals surface area contributed by atoms with Gasteiger partial charge in [-0.3, -0.25) is 9.59 Å². The molecule has 1 saturated heterocycles. The van der Waals surface area contributed by atoms with E-state index in [0.29, 0.717) is 18.5 Å². The maximum absolute atomic E-state index is 12.5. The number of pyridine rings is 1. The van der Waals surface area contributed by atoms with Crippen molar-refractivity contribution in [1.82, 2.24) is 9.88 Å². The van der Waals surface area contributed by atoms with Crippen LogP contribution in [0.25, 0.3) is 0 Å². The van der Waals surface area contributed by atoms with Crippen LogP contribution in [0.2, 0.25) is 0 Å². The number of hydrogen-bond donors (Lipinski definition) is 1. The summed E-state index contributed by atoms with van der Waals surface area (Å²) in [6.07, 6.45) is 2.95. The predicted octanol–water partition coefficient (Wildman–Crippen LogP) is 1.86. The number of anilines is 1. The fourth-order valence-electron chi connectivity index (χ4n) is 2.79. The SMILES string of the molecule is CCN(CC)c1ccc(C(=O)N2CCCC(C(=O)O)C2)cn1. The first-order valence-electron chi connectivity index (χ1n) is 7.79. The van der Waals surface area contributed by atoms with Crippen LogP contribution in [0.5, 0.6) is 0 Å². The molecule has 1 aliphatic heterocycles. The predicted molar refractivity (Wildman–Crippen MR) is 84.1 cm³/mol. The first-order valence-corrected chi connectivity index (χ1v) is 7.79. The van der Waals surface area contributed by atoms with Crippen LogP contribution in [0.4, 0.5) is 5.82 Å². The van der Waals surface area contributed by atoms with E-state index in [-0.39, 0.29) is 12.5 Å². The number of likely N-dealkylation sites (tertiary alicyclic amines) is 1. The van der Waals surface area contributed by atoms with Crippen molar-refractivity contribution in [2.24, 2.45) is 5.92 Å². The highest BCUT2D eigenvalue weighted by Crippen LogP contribution is 2.19. The lowest BCUT2D eigenvalue weighted by atomic mass is 9.98. The Morgan fingerprint density at radius 1 is 1.36 bits per heavy atom. The molecule has 0 aliphatic carbocycles. The molecule has 2 rings (SSSR count). The average molecular weight is 305 g/mol. The molecule has 1 aliphatic rings. The Bertz CT molecular complexity index is 526. The summed E-state index contributed by atoms with van der Waals surface area (Å²) in [5, 5.41) is 9.10. The van der Waals surface area contributed by atoms with Crippen molar-refractivity contribution in [3.8, 4) is 0 Å². The van der Waals surface area contributed by atoms with E-state index in [0.717, 1.165) is 25.3 Å². The van der Waals surface area contributed by atoms with Crippen LogP contribution in [0.1, 0.15) is 37.0 Å². The Morgan fingerprint density at radius 3 is 2.64 bits per heavy atom. The van der Waals surface area contributed by atoms with Crippen LogP contribution in [0.3, 0.4) is 0 Å². The fourth-order valence-corrected chi connectivity index (χ4v) is 2.79. The molecule has 0 bridgehead atoms. The molecule has 120 valence electrons. The van der Waals surface area contributed by atoms with Crippen molar-refractivity contribution in [1.29, 1.82) is 0 Å². The van der Waals surface area contributed by atoms with Gasteiger partial charge in [0.25, 0.3) is 5.91 Å². The summed E-state index contributed by atoms with van der Waals surface area (Å²) in [6, 6.07) is 3.62. The van der Waals surface area contributed by atoms with Gasteiger partial charge in [-0.15, -0.1) is 0 Å². The molecule has 1 fully saturated rings. The third kappa shape index (κ3) is 3.55. The summed E-state index contributed by atoms with van der Waals surface area (Å²) >= 11 is 0. The van der Waals surface area contributed by atoms with Gasteiger partial charge in [-0.2, -0.15) is 0 Å². The number of hydrogen-bond acceptors (Lipinski definition) is 4. The van der Waals surface area contributed by atoms with Crippen LogP contribution in [0.15, 0.2) is 18.3 Å². The molecule has 6 nitrogen and oxygen atoms in total. The lowest BCUT2D eigenvalue weighted by molar-refractivity contribution is -0.143.